The van der Waals surface area contributed by atoms with Crippen molar-refractivity contribution >= 4 is 0 Å². The van der Waals surface area contributed by atoms with Crippen LogP contribution in [-0.2, 0) is 0 Å². The molecular formula is C26H54. The standard InChI is InChI=1S/C26H54/c1-8-11-20-26(21-12-9-2,22-13-10-3)23-18-16-14-15-17-19-24(4)25(5,6)7/h24H,8-23H2,1-7H3. The fourth-order valence-electron chi connectivity index (χ4n) is 4.32. The Bertz CT molecular complexity index is 274. The molecule has 0 rings (SSSR count). The molecule has 1 atom stereocenters. The zero-order chi connectivity index (χ0) is 19.9. The molecule has 0 bridgehead atoms. The molecule has 0 aromatic carbocycles. The number of unbranched alkanes of at least 4 members (excludes halogenated alkanes) is 7. The summed E-state index contributed by atoms with van der Waals surface area (Å²) in [7, 11) is 0. The van der Waals surface area contributed by atoms with E-state index in [9.17, 15) is 0 Å². The predicted octanol–water partition coefficient (Wildman–Crippen LogP) is 9.96. The molecule has 1 unspecified atom stereocenters. The summed E-state index contributed by atoms with van der Waals surface area (Å²) in [5.41, 5.74) is 1.17. The van der Waals surface area contributed by atoms with E-state index in [2.05, 4.69) is 48.5 Å². The lowest BCUT2D eigenvalue weighted by Crippen LogP contribution is -2.21. The average molecular weight is 367 g/mol. The molecule has 0 aromatic heterocycles. The van der Waals surface area contributed by atoms with Crippen LogP contribution in [-0.4, -0.2) is 0 Å². The molecule has 0 aliphatic carbocycles. The minimum absolute atomic E-state index is 0.484. The summed E-state index contributed by atoms with van der Waals surface area (Å²) in [6, 6.07) is 0. The summed E-state index contributed by atoms with van der Waals surface area (Å²) in [6.45, 7) is 16.7. The van der Waals surface area contributed by atoms with Gasteiger partial charge in [-0.05, 0) is 42.4 Å². The fraction of sp³-hybridized carbons (Fsp3) is 1.00. The monoisotopic (exact) mass is 366 g/mol. The topological polar surface area (TPSA) is 0 Å². The minimum Gasteiger partial charge on any atom is -0.0654 e. The highest BCUT2D eigenvalue weighted by atomic mass is 14.3. The zero-order valence-electron chi connectivity index (χ0n) is 19.9. The van der Waals surface area contributed by atoms with Crippen LogP contribution in [0.25, 0.3) is 0 Å². The van der Waals surface area contributed by atoms with E-state index in [1.165, 1.54) is 103 Å². The van der Waals surface area contributed by atoms with Crippen LogP contribution in [0.5, 0.6) is 0 Å². The maximum absolute atomic E-state index is 2.43. The molecule has 0 spiro atoms. The van der Waals surface area contributed by atoms with Crippen LogP contribution < -0.4 is 0 Å². The summed E-state index contributed by atoms with van der Waals surface area (Å²) in [5.74, 6) is 0.854. The van der Waals surface area contributed by atoms with Gasteiger partial charge in [0.25, 0.3) is 0 Å². The Morgan fingerprint density at radius 2 is 0.923 bits per heavy atom. The second-order valence-electron chi connectivity index (χ2n) is 10.4. The van der Waals surface area contributed by atoms with Crippen LogP contribution in [0.3, 0.4) is 0 Å². The lowest BCUT2D eigenvalue weighted by Gasteiger charge is -2.35. The Balaban J connectivity index is 4.20. The van der Waals surface area contributed by atoms with Gasteiger partial charge >= 0.3 is 0 Å². The minimum atomic E-state index is 0.484. The van der Waals surface area contributed by atoms with Gasteiger partial charge in [0.1, 0.15) is 0 Å². The maximum atomic E-state index is 2.43. The summed E-state index contributed by atoms with van der Waals surface area (Å²) in [5, 5.41) is 0. The van der Waals surface area contributed by atoms with Gasteiger partial charge in [0.15, 0.2) is 0 Å². The van der Waals surface area contributed by atoms with Crippen LogP contribution in [0.4, 0.5) is 0 Å². The van der Waals surface area contributed by atoms with Crippen LogP contribution in [0, 0.1) is 16.7 Å². The van der Waals surface area contributed by atoms with Crippen LogP contribution in [0.15, 0.2) is 0 Å². The Kier molecular flexibility index (Phi) is 15.0. The molecule has 0 heterocycles. The molecule has 0 nitrogen and oxygen atoms in total. The van der Waals surface area contributed by atoms with Crippen molar-refractivity contribution in [1.82, 2.24) is 0 Å². The van der Waals surface area contributed by atoms with Crippen LogP contribution >= 0.6 is 0 Å². The second-order valence-corrected chi connectivity index (χ2v) is 10.4. The molecule has 0 aromatic rings. The van der Waals surface area contributed by atoms with E-state index in [0.717, 1.165) is 5.92 Å². The van der Waals surface area contributed by atoms with Crippen molar-refractivity contribution in [3.05, 3.63) is 0 Å². The lowest BCUT2D eigenvalue weighted by molar-refractivity contribution is 0.175. The third-order valence-corrected chi connectivity index (χ3v) is 7.00. The molecule has 26 heavy (non-hydrogen) atoms. The van der Waals surface area contributed by atoms with E-state index in [-0.39, 0.29) is 0 Å². The summed E-state index contributed by atoms with van der Waals surface area (Å²) < 4.78 is 0. The van der Waals surface area contributed by atoms with Crippen molar-refractivity contribution in [3.8, 4) is 0 Å². The summed E-state index contributed by atoms with van der Waals surface area (Å²) in [4.78, 5) is 0. The van der Waals surface area contributed by atoms with Crippen molar-refractivity contribution < 1.29 is 0 Å². The van der Waals surface area contributed by atoms with Gasteiger partial charge in [-0.15, -0.1) is 0 Å². The van der Waals surface area contributed by atoms with E-state index in [4.69, 9.17) is 0 Å². The van der Waals surface area contributed by atoms with Crippen molar-refractivity contribution in [2.24, 2.45) is 16.7 Å². The first-order valence-corrected chi connectivity index (χ1v) is 12.3. The normalized spacial score (nSPS) is 14.0. The van der Waals surface area contributed by atoms with Gasteiger partial charge in [0.05, 0.1) is 0 Å². The van der Waals surface area contributed by atoms with E-state index in [1.54, 1.807) is 0 Å². The third-order valence-electron chi connectivity index (χ3n) is 7.00. The largest absolute Gasteiger partial charge is 0.0654 e. The van der Waals surface area contributed by atoms with Gasteiger partial charge < -0.3 is 0 Å². The summed E-state index contributed by atoms with van der Waals surface area (Å²) >= 11 is 0. The van der Waals surface area contributed by atoms with E-state index in [0.29, 0.717) is 10.8 Å². The number of hydrogen-bond donors (Lipinski definition) is 0. The summed E-state index contributed by atoms with van der Waals surface area (Å²) in [6.07, 6.45) is 23.1. The molecule has 0 saturated carbocycles. The molecule has 0 N–H and O–H groups in total. The first-order chi connectivity index (χ1) is 12.3. The molecule has 0 heteroatoms. The molecule has 0 aliphatic rings. The molecule has 0 radical (unpaired) electrons. The molecular weight excluding hydrogens is 312 g/mol. The fourth-order valence-corrected chi connectivity index (χ4v) is 4.32. The molecule has 0 aliphatic heterocycles. The second kappa shape index (κ2) is 15.0. The van der Waals surface area contributed by atoms with Gasteiger partial charge in [0, 0.05) is 0 Å². The first kappa shape index (κ1) is 26.0. The van der Waals surface area contributed by atoms with Crippen LogP contribution in [0.1, 0.15) is 151 Å². The van der Waals surface area contributed by atoms with Gasteiger partial charge in [-0.1, -0.05) is 126 Å². The molecule has 158 valence electrons. The quantitative estimate of drug-likeness (QED) is 0.225. The van der Waals surface area contributed by atoms with E-state index < -0.39 is 0 Å². The van der Waals surface area contributed by atoms with Crippen molar-refractivity contribution in [2.75, 3.05) is 0 Å². The van der Waals surface area contributed by atoms with Gasteiger partial charge in [0.2, 0.25) is 0 Å². The van der Waals surface area contributed by atoms with Crippen LogP contribution in [0.2, 0.25) is 0 Å². The number of hydrogen-bond acceptors (Lipinski definition) is 0. The zero-order valence-corrected chi connectivity index (χ0v) is 19.9. The molecule has 0 saturated heterocycles. The predicted molar refractivity (Wildman–Crippen MR) is 122 cm³/mol. The smallest absolute Gasteiger partial charge is 0.0297 e. The lowest BCUT2D eigenvalue weighted by atomic mass is 9.71. The average Bonchev–Trinajstić information content (AvgIpc) is 2.60. The molecule has 0 amide bonds. The van der Waals surface area contributed by atoms with Crippen molar-refractivity contribution in [3.63, 3.8) is 0 Å². The Labute approximate surface area is 168 Å². The highest BCUT2D eigenvalue weighted by molar-refractivity contribution is 4.79. The SMILES string of the molecule is CCCCC(CCCC)(CCCC)CCCCCCCC(C)C(C)(C)C. The van der Waals surface area contributed by atoms with Gasteiger partial charge in [-0.25, -0.2) is 0 Å². The van der Waals surface area contributed by atoms with Crippen molar-refractivity contribution in [2.45, 2.75) is 151 Å². The van der Waals surface area contributed by atoms with Gasteiger partial charge in [-0.2, -0.15) is 0 Å². The molecule has 0 fully saturated rings. The highest BCUT2D eigenvalue weighted by Crippen LogP contribution is 2.41. The van der Waals surface area contributed by atoms with E-state index in [1.807, 2.05) is 0 Å². The Morgan fingerprint density at radius 1 is 0.538 bits per heavy atom. The van der Waals surface area contributed by atoms with Crippen molar-refractivity contribution in [1.29, 1.82) is 0 Å². The maximum Gasteiger partial charge on any atom is -0.0297 e. The number of rotatable bonds is 17. The third kappa shape index (κ3) is 12.4. The van der Waals surface area contributed by atoms with Gasteiger partial charge in [-0.3, -0.25) is 0 Å². The Morgan fingerprint density at radius 3 is 1.35 bits per heavy atom. The first-order valence-electron chi connectivity index (χ1n) is 12.3. The van der Waals surface area contributed by atoms with E-state index >= 15 is 0 Å². The highest BCUT2D eigenvalue weighted by Gasteiger charge is 2.27. The Hall–Kier alpha value is 0.